The van der Waals surface area contributed by atoms with Gasteiger partial charge in [0.1, 0.15) is 5.76 Å². The number of unbranched alkanes of at least 4 members (excludes halogenated alkanes) is 9. The zero-order valence-electron chi connectivity index (χ0n) is 19.9. The fraction of sp³-hybridized carbons (Fsp3) is 0.429. The van der Waals surface area contributed by atoms with Crippen LogP contribution in [0.1, 0.15) is 71.1 Å². The summed E-state index contributed by atoms with van der Waals surface area (Å²) in [6.45, 7) is 2.91. The lowest BCUT2D eigenvalue weighted by Gasteiger charge is -2.14. The number of pyridine rings is 1. The van der Waals surface area contributed by atoms with Crippen molar-refractivity contribution < 1.29 is 4.42 Å². The van der Waals surface area contributed by atoms with E-state index in [1.54, 1.807) is 17.4 Å². The highest BCUT2D eigenvalue weighted by molar-refractivity contribution is 7.13. The van der Waals surface area contributed by atoms with Crippen LogP contribution >= 0.6 is 22.7 Å². The maximum atomic E-state index is 13.6. The second-order valence-corrected chi connectivity index (χ2v) is 10.7. The number of hydrogen-bond acceptors (Lipinski definition) is 5. The first-order chi connectivity index (χ1) is 16.7. The van der Waals surface area contributed by atoms with E-state index in [1.807, 2.05) is 45.7 Å². The summed E-state index contributed by atoms with van der Waals surface area (Å²) in [5.74, 6) is 0.457. The summed E-state index contributed by atoms with van der Waals surface area (Å²) in [6, 6.07) is 11.4. The number of aromatic nitrogens is 1. The van der Waals surface area contributed by atoms with Gasteiger partial charge in [0.2, 0.25) is 0 Å². The smallest absolute Gasteiger partial charge is 0.344 e. The second-order valence-electron chi connectivity index (χ2n) is 8.85. The Balaban J connectivity index is 1.51. The Morgan fingerprint density at radius 3 is 2.00 bits per heavy atom. The Morgan fingerprint density at radius 1 is 0.765 bits per heavy atom. The molecule has 0 amide bonds. The van der Waals surface area contributed by atoms with Gasteiger partial charge in [0.25, 0.3) is 5.56 Å². The van der Waals surface area contributed by atoms with Crippen LogP contribution in [0, 0.1) is 0 Å². The van der Waals surface area contributed by atoms with Gasteiger partial charge in [0, 0.05) is 6.54 Å². The molecule has 0 saturated heterocycles. The molecule has 4 heterocycles. The predicted octanol–water partition coefficient (Wildman–Crippen LogP) is 8.33. The van der Waals surface area contributed by atoms with Crippen LogP contribution in [0.4, 0.5) is 0 Å². The van der Waals surface area contributed by atoms with Crippen LogP contribution in [-0.2, 0) is 6.54 Å². The zero-order chi connectivity index (χ0) is 23.8. The first kappa shape index (κ1) is 24.7. The first-order valence-electron chi connectivity index (χ1n) is 12.5. The van der Waals surface area contributed by atoms with Crippen molar-refractivity contribution in [3.05, 3.63) is 67.9 Å². The molecule has 0 aliphatic heterocycles. The quantitative estimate of drug-likeness (QED) is 0.175. The molecule has 4 rings (SSSR count). The molecule has 0 atom stereocenters. The molecule has 0 spiro atoms. The average molecular weight is 496 g/mol. The Labute approximate surface area is 208 Å². The van der Waals surface area contributed by atoms with Gasteiger partial charge < -0.3 is 8.98 Å². The molecule has 34 heavy (non-hydrogen) atoms. The topological polar surface area (TPSA) is 52.2 Å². The summed E-state index contributed by atoms with van der Waals surface area (Å²) >= 11 is 3.08. The fourth-order valence-electron chi connectivity index (χ4n) is 4.43. The molecule has 4 aromatic heterocycles. The minimum Gasteiger partial charge on any atom is -0.421 e. The molecular weight excluding hydrogens is 462 g/mol. The number of nitrogens with zero attached hydrogens (tertiary/aromatic N) is 1. The van der Waals surface area contributed by atoms with E-state index in [0.29, 0.717) is 23.1 Å². The van der Waals surface area contributed by atoms with Crippen molar-refractivity contribution in [1.82, 2.24) is 4.57 Å². The van der Waals surface area contributed by atoms with Crippen molar-refractivity contribution in [2.45, 2.75) is 77.7 Å². The summed E-state index contributed by atoms with van der Waals surface area (Å²) in [4.78, 5) is 28.3. The lowest BCUT2D eigenvalue weighted by molar-refractivity contribution is 0.529. The summed E-state index contributed by atoms with van der Waals surface area (Å²) in [5.41, 5.74) is 0.240. The summed E-state index contributed by atoms with van der Waals surface area (Å²) in [6.07, 6.45) is 12.5. The van der Waals surface area contributed by atoms with Crippen molar-refractivity contribution in [3.63, 3.8) is 0 Å². The third-order valence-electron chi connectivity index (χ3n) is 6.31. The first-order valence-corrected chi connectivity index (χ1v) is 14.2. The SMILES string of the molecule is CCCCCCCCCCCCn1c(-c2cccs2)cc2c(=O)oc(-c3cccs3)cc2c1=O. The van der Waals surface area contributed by atoms with Gasteiger partial charge in [-0.15, -0.1) is 22.7 Å². The van der Waals surface area contributed by atoms with E-state index in [2.05, 4.69) is 6.92 Å². The minimum atomic E-state index is -0.457. The number of rotatable bonds is 13. The highest BCUT2D eigenvalue weighted by atomic mass is 32.1. The Hall–Kier alpha value is -2.44. The molecule has 0 bridgehead atoms. The molecule has 0 unspecified atom stereocenters. The van der Waals surface area contributed by atoms with Crippen LogP contribution in [-0.4, -0.2) is 4.57 Å². The molecule has 4 aromatic rings. The summed E-state index contributed by atoms with van der Waals surface area (Å²) in [7, 11) is 0. The summed E-state index contributed by atoms with van der Waals surface area (Å²) < 4.78 is 7.44. The highest BCUT2D eigenvalue weighted by Crippen LogP contribution is 2.29. The Bertz CT molecular complexity index is 1280. The van der Waals surface area contributed by atoms with Crippen LogP contribution < -0.4 is 11.2 Å². The van der Waals surface area contributed by atoms with Gasteiger partial charge in [-0.05, 0) is 41.4 Å². The monoisotopic (exact) mass is 495 g/mol. The zero-order valence-corrected chi connectivity index (χ0v) is 21.5. The maximum Gasteiger partial charge on any atom is 0.344 e. The number of fused-ring (bicyclic) bond motifs is 1. The molecule has 0 radical (unpaired) electrons. The predicted molar refractivity (Wildman–Crippen MR) is 145 cm³/mol. The molecular formula is C28H33NO3S2. The van der Waals surface area contributed by atoms with Crippen LogP contribution in [0.5, 0.6) is 0 Å². The van der Waals surface area contributed by atoms with Crippen molar-refractivity contribution in [3.8, 4) is 21.2 Å². The number of hydrogen-bond donors (Lipinski definition) is 0. The lowest BCUT2D eigenvalue weighted by atomic mass is 10.1. The van der Waals surface area contributed by atoms with Crippen LogP contribution in [0.15, 0.2) is 61.2 Å². The third kappa shape index (κ3) is 5.97. The third-order valence-corrected chi connectivity index (χ3v) is 8.09. The molecule has 0 aliphatic rings. The second kappa shape index (κ2) is 12.3. The van der Waals surface area contributed by atoms with E-state index in [9.17, 15) is 9.59 Å². The highest BCUT2D eigenvalue weighted by Gasteiger charge is 2.16. The van der Waals surface area contributed by atoms with Gasteiger partial charge >= 0.3 is 5.63 Å². The van der Waals surface area contributed by atoms with E-state index >= 15 is 0 Å². The normalized spacial score (nSPS) is 11.4. The van der Waals surface area contributed by atoms with Crippen LogP contribution in [0.25, 0.3) is 32.0 Å². The number of thiophene rings is 2. The molecule has 0 aliphatic carbocycles. The molecule has 0 fully saturated rings. The van der Waals surface area contributed by atoms with Gasteiger partial charge in [0.05, 0.1) is 26.2 Å². The van der Waals surface area contributed by atoms with Crippen molar-refractivity contribution in [2.24, 2.45) is 0 Å². The van der Waals surface area contributed by atoms with Crippen molar-refractivity contribution in [2.75, 3.05) is 0 Å². The molecule has 0 N–H and O–H groups in total. The lowest BCUT2D eigenvalue weighted by Crippen LogP contribution is -2.24. The summed E-state index contributed by atoms with van der Waals surface area (Å²) in [5, 5.41) is 4.72. The standard InChI is InChI=1S/C28H33NO3S2/c1-2-3-4-5-6-7-8-9-10-11-16-29-23(25-14-12-17-33-25)19-22-21(27(29)30)20-24(32-28(22)31)26-15-13-18-34-26/h12-15,17-20H,2-11,16H2,1H3. The van der Waals surface area contributed by atoms with E-state index in [0.717, 1.165) is 28.3 Å². The maximum absolute atomic E-state index is 13.6. The van der Waals surface area contributed by atoms with Crippen molar-refractivity contribution in [1.29, 1.82) is 0 Å². The fourth-order valence-corrected chi connectivity index (χ4v) is 5.86. The van der Waals surface area contributed by atoms with E-state index in [1.165, 1.54) is 62.7 Å². The largest absolute Gasteiger partial charge is 0.421 e. The Morgan fingerprint density at radius 2 is 1.38 bits per heavy atom. The molecule has 6 heteroatoms. The van der Waals surface area contributed by atoms with Crippen molar-refractivity contribution >= 4 is 33.4 Å². The average Bonchev–Trinajstić information content (AvgIpc) is 3.56. The molecule has 180 valence electrons. The van der Waals surface area contributed by atoms with Gasteiger partial charge in [-0.25, -0.2) is 4.79 Å². The molecule has 0 aromatic carbocycles. The van der Waals surface area contributed by atoms with Crippen LogP contribution in [0.3, 0.4) is 0 Å². The van der Waals surface area contributed by atoms with Gasteiger partial charge in [-0.2, -0.15) is 0 Å². The van der Waals surface area contributed by atoms with Gasteiger partial charge in [0.15, 0.2) is 0 Å². The minimum absolute atomic E-state index is 0.109. The van der Waals surface area contributed by atoms with E-state index in [4.69, 9.17) is 4.42 Å². The Kier molecular flexibility index (Phi) is 8.94. The molecule has 4 nitrogen and oxygen atoms in total. The van der Waals surface area contributed by atoms with Gasteiger partial charge in [-0.3, -0.25) is 4.79 Å². The van der Waals surface area contributed by atoms with Crippen LogP contribution in [0.2, 0.25) is 0 Å². The van der Waals surface area contributed by atoms with E-state index < -0.39 is 5.63 Å². The van der Waals surface area contributed by atoms with Gasteiger partial charge in [-0.1, -0.05) is 76.8 Å². The van der Waals surface area contributed by atoms with E-state index in [-0.39, 0.29) is 5.56 Å². The molecule has 0 saturated carbocycles.